The van der Waals surface area contributed by atoms with Gasteiger partial charge < -0.3 is 10.0 Å². The third-order valence-corrected chi connectivity index (χ3v) is 5.81. The van der Waals surface area contributed by atoms with E-state index in [-0.39, 0.29) is 5.91 Å². The Hall–Kier alpha value is -2.14. The van der Waals surface area contributed by atoms with Crippen molar-refractivity contribution in [3.8, 4) is 0 Å². The number of carboxylic acid groups (broad SMARTS) is 1. The number of aryl methyl sites for hydroxylation is 1. The minimum absolute atomic E-state index is 0.121. The lowest BCUT2D eigenvalue weighted by Crippen LogP contribution is -2.49. The van der Waals surface area contributed by atoms with Crippen LogP contribution in [-0.2, 0) is 21.4 Å². The van der Waals surface area contributed by atoms with Crippen molar-refractivity contribution in [3.05, 3.63) is 58.3 Å². The number of aliphatic carboxylic acids is 1. The Bertz CT molecular complexity index is 689. The van der Waals surface area contributed by atoms with Crippen LogP contribution in [-0.4, -0.2) is 35.0 Å². The number of piperidine rings is 1. The van der Waals surface area contributed by atoms with Gasteiger partial charge in [0, 0.05) is 24.4 Å². The van der Waals surface area contributed by atoms with Crippen molar-refractivity contribution in [2.24, 2.45) is 0 Å². The minimum Gasteiger partial charge on any atom is -0.481 e. The molecule has 1 aliphatic rings. The predicted octanol–water partition coefficient (Wildman–Crippen LogP) is 3.33. The molecule has 5 heteroatoms. The number of nitrogens with zero attached hydrogens (tertiary/aromatic N) is 1. The zero-order chi connectivity index (χ0) is 17.0. The lowest BCUT2D eigenvalue weighted by molar-refractivity contribution is -0.148. The van der Waals surface area contributed by atoms with Gasteiger partial charge in [-0.05, 0) is 36.3 Å². The zero-order valence-corrected chi connectivity index (χ0v) is 14.3. The van der Waals surface area contributed by atoms with Crippen molar-refractivity contribution in [1.29, 1.82) is 0 Å². The molecule has 2 heterocycles. The van der Waals surface area contributed by atoms with Crippen LogP contribution in [0.25, 0.3) is 0 Å². The van der Waals surface area contributed by atoms with Gasteiger partial charge in [-0.25, -0.2) is 0 Å². The summed E-state index contributed by atoms with van der Waals surface area (Å²) in [7, 11) is 0. The topological polar surface area (TPSA) is 57.6 Å². The Morgan fingerprint density at radius 2 is 1.79 bits per heavy atom. The van der Waals surface area contributed by atoms with Crippen molar-refractivity contribution in [2.45, 2.75) is 31.1 Å². The Balaban J connectivity index is 1.63. The number of benzene rings is 1. The Labute approximate surface area is 145 Å². The second kappa shape index (κ2) is 7.18. The standard InChI is InChI=1S/C19H21NO3S/c21-17(9-8-16-7-4-14-24-16)20-12-10-19(11-13-20,18(22)23)15-5-2-1-3-6-15/h1-7,14H,8-13H2,(H,22,23). The van der Waals surface area contributed by atoms with Crippen LogP contribution in [0.1, 0.15) is 29.7 Å². The SMILES string of the molecule is O=C(CCc1cccs1)N1CCC(C(=O)O)(c2ccccc2)CC1. The quantitative estimate of drug-likeness (QED) is 0.906. The molecule has 0 bridgehead atoms. The number of thiophene rings is 1. The average Bonchev–Trinajstić information content (AvgIpc) is 3.14. The van der Waals surface area contributed by atoms with Crippen LogP contribution in [0.2, 0.25) is 0 Å². The van der Waals surface area contributed by atoms with E-state index in [0.717, 1.165) is 12.0 Å². The molecule has 1 aromatic heterocycles. The number of hydrogen-bond donors (Lipinski definition) is 1. The highest BCUT2D eigenvalue weighted by Crippen LogP contribution is 2.36. The summed E-state index contributed by atoms with van der Waals surface area (Å²) in [6.07, 6.45) is 2.19. The van der Waals surface area contributed by atoms with Crippen LogP contribution in [0.3, 0.4) is 0 Å². The first-order valence-corrected chi connectivity index (χ1v) is 9.09. The van der Waals surface area contributed by atoms with Crippen molar-refractivity contribution >= 4 is 23.2 Å². The van der Waals surface area contributed by atoms with Gasteiger partial charge in [0.1, 0.15) is 0 Å². The zero-order valence-electron chi connectivity index (χ0n) is 13.5. The molecule has 0 saturated carbocycles. The molecule has 24 heavy (non-hydrogen) atoms. The maximum Gasteiger partial charge on any atom is 0.314 e. The van der Waals surface area contributed by atoms with Gasteiger partial charge in [-0.3, -0.25) is 9.59 Å². The van der Waals surface area contributed by atoms with E-state index >= 15 is 0 Å². The third kappa shape index (κ3) is 3.36. The number of hydrogen-bond acceptors (Lipinski definition) is 3. The molecular weight excluding hydrogens is 322 g/mol. The first kappa shape index (κ1) is 16.7. The van der Waals surface area contributed by atoms with Gasteiger partial charge in [0.15, 0.2) is 0 Å². The Morgan fingerprint density at radius 1 is 1.08 bits per heavy atom. The molecule has 0 radical (unpaired) electrons. The lowest BCUT2D eigenvalue weighted by atomic mass is 9.73. The van der Waals surface area contributed by atoms with Gasteiger partial charge in [-0.15, -0.1) is 11.3 Å². The molecule has 0 unspecified atom stereocenters. The summed E-state index contributed by atoms with van der Waals surface area (Å²) in [5, 5.41) is 11.8. The summed E-state index contributed by atoms with van der Waals surface area (Å²) in [6, 6.07) is 13.4. The molecule has 0 atom stereocenters. The van der Waals surface area contributed by atoms with E-state index in [2.05, 4.69) is 0 Å². The molecule has 2 aromatic rings. The number of carbonyl (C=O) groups excluding carboxylic acids is 1. The first-order valence-electron chi connectivity index (χ1n) is 8.21. The highest BCUT2D eigenvalue weighted by atomic mass is 32.1. The van der Waals surface area contributed by atoms with Gasteiger partial charge in [0.25, 0.3) is 0 Å². The fraction of sp³-hybridized carbons (Fsp3) is 0.368. The number of carboxylic acids is 1. The number of amides is 1. The maximum absolute atomic E-state index is 12.4. The van der Waals surface area contributed by atoms with Crippen molar-refractivity contribution in [3.63, 3.8) is 0 Å². The monoisotopic (exact) mass is 343 g/mol. The molecule has 1 amide bonds. The lowest BCUT2D eigenvalue weighted by Gasteiger charge is -2.39. The Morgan fingerprint density at radius 3 is 2.38 bits per heavy atom. The number of carbonyl (C=O) groups is 2. The summed E-state index contributed by atoms with van der Waals surface area (Å²) in [5.74, 6) is -0.671. The normalized spacial score (nSPS) is 16.8. The molecule has 1 aromatic carbocycles. The highest BCUT2D eigenvalue weighted by molar-refractivity contribution is 7.09. The maximum atomic E-state index is 12.4. The van der Waals surface area contributed by atoms with E-state index in [4.69, 9.17) is 0 Å². The fourth-order valence-electron chi connectivity index (χ4n) is 3.36. The molecule has 4 nitrogen and oxygen atoms in total. The second-order valence-electron chi connectivity index (χ2n) is 6.21. The summed E-state index contributed by atoms with van der Waals surface area (Å²) >= 11 is 1.66. The largest absolute Gasteiger partial charge is 0.481 e. The average molecular weight is 343 g/mol. The molecule has 0 aliphatic carbocycles. The molecule has 1 fully saturated rings. The van der Waals surface area contributed by atoms with Crippen LogP contribution in [0.5, 0.6) is 0 Å². The molecule has 0 spiro atoms. The van der Waals surface area contributed by atoms with E-state index in [1.807, 2.05) is 52.7 Å². The number of likely N-dealkylation sites (tertiary alicyclic amines) is 1. The molecule has 3 rings (SSSR count). The summed E-state index contributed by atoms with van der Waals surface area (Å²) in [5.41, 5.74) is -0.0330. The van der Waals surface area contributed by atoms with Crippen molar-refractivity contribution in [2.75, 3.05) is 13.1 Å². The van der Waals surface area contributed by atoms with Crippen molar-refractivity contribution < 1.29 is 14.7 Å². The van der Waals surface area contributed by atoms with Crippen LogP contribution in [0, 0.1) is 0 Å². The van der Waals surface area contributed by atoms with Crippen LogP contribution < -0.4 is 0 Å². The number of rotatable bonds is 5. The smallest absolute Gasteiger partial charge is 0.314 e. The van der Waals surface area contributed by atoms with Gasteiger partial charge in [0.05, 0.1) is 5.41 Å². The third-order valence-electron chi connectivity index (χ3n) is 4.87. The molecule has 1 N–H and O–H groups in total. The van der Waals surface area contributed by atoms with Crippen molar-refractivity contribution in [1.82, 2.24) is 4.90 Å². The summed E-state index contributed by atoms with van der Waals surface area (Å²) in [6.45, 7) is 1.01. The summed E-state index contributed by atoms with van der Waals surface area (Å²) in [4.78, 5) is 27.4. The molecule has 1 aliphatic heterocycles. The van der Waals surface area contributed by atoms with Gasteiger partial charge in [-0.2, -0.15) is 0 Å². The minimum atomic E-state index is -0.869. The van der Waals surface area contributed by atoms with Crippen LogP contribution in [0.15, 0.2) is 47.8 Å². The van der Waals surface area contributed by atoms with E-state index in [1.165, 1.54) is 4.88 Å². The van der Waals surface area contributed by atoms with Crippen LogP contribution >= 0.6 is 11.3 Å². The molecular formula is C19H21NO3S. The predicted molar refractivity (Wildman–Crippen MR) is 94.2 cm³/mol. The second-order valence-corrected chi connectivity index (χ2v) is 7.25. The van der Waals surface area contributed by atoms with E-state index in [9.17, 15) is 14.7 Å². The fourth-order valence-corrected chi connectivity index (χ4v) is 4.07. The van der Waals surface area contributed by atoms with Gasteiger partial charge in [-0.1, -0.05) is 36.4 Å². The summed E-state index contributed by atoms with van der Waals surface area (Å²) < 4.78 is 0. The van der Waals surface area contributed by atoms with Crippen LogP contribution in [0.4, 0.5) is 0 Å². The molecule has 1 saturated heterocycles. The van der Waals surface area contributed by atoms with E-state index in [1.54, 1.807) is 11.3 Å². The Kier molecular flexibility index (Phi) is 5.00. The van der Waals surface area contributed by atoms with Gasteiger partial charge >= 0.3 is 5.97 Å². The van der Waals surface area contributed by atoms with Gasteiger partial charge in [0.2, 0.25) is 5.91 Å². The molecule has 126 valence electrons. The van der Waals surface area contributed by atoms with E-state index in [0.29, 0.717) is 32.4 Å². The highest BCUT2D eigenvalue weighted by Gasteiger charge is 2.43. The van der Waals surface area contributed by atoms with E-state index < -0.39 is 11.4 Å². The first-order chi connectivity index (χ1) is 11.6.